The number of nitrogen functional groups attached to an aromatic ring is 2. The van der Waals surface area contributed by atoms with Crippen molar-refractivity contribution in [1.82, 2.24) is 44.5 Å². The number of aliphatic hydroxyl groups is 3. The third kappa shape index (κ3) is 4.22. The quantitative estimate of drug-likeness (QED) is 0.0876. The van der Waals surface area contributed by atoms with E-state index in [0.29, 0.717) is 11.3 Å². The second-order valence-electron chi connectivity index (χ2n) is 9.76. The molecule has 2 saturated heterocycles. The van der Waals surface area contributed by atoms with Crippen molar-refractivity contribution < 1.29 is 33.7 Å². The van der Waals surface area contributed by atoms with Gasteiger partial charge in [0.25, 0.3) is 5.56 Å². The average Bonchev–Trinajstić information content (AvgIpc) is 3.49. The van der Waals surface area contributed by atoms with Gasteiger partial charge in [-0.25, -0.2) is 23.7 Å². The summed E-state index contributed by atoms with van der Waals surface area (Å²) >= 11 is 5.12. The van der Waals surface area contributed by atoms with E-state index < -0.39 is 65.7 Å². The third-order valence-corrected chi connectivity index (χ3v) is 10.3. The number of rotatable bonds is 7. The van der Waals surface area contributed by atoms with Crippen LogP contribution >= 0.6 is 30.8 Å². The zero-order chi connectivity index (χ0) is 28.8. The number of aliphatic hydroxyl groups excluding tert-OH is 2. The van der Waals surface area contributed by atoms with Gasteiger partial charge in [0.2, 0.25) is 5.95 Å². The van der Waals surface area contributed by atoms with Crippen molar-refractivity contribution in [3.8, 4) is 0 Å². The van der Waals surface area contributed by atoms with Crippen molar-refractivity contribution in [3.05, 3.63) is 28.6 Å². The first kappa shape index (κ1) is 27.0. The highest BCUT2D eigenvalue weighted by atomic mass is 32.7. The molecule has 1 saturated carbocycles. The molecule has 19 nitrogen and oxygen atoms in total. The Morgan fingerprint density at radius 1 is 1.32 bits per heavy atom. The minimum absolute atomic E-state index is 0.0112. The van der Waals surface area contributed by atoms with Gasteiger partial charge < -0.3 is 31.5 Å². The summed E-state index contributed by atoms with van der Waals surface area (Å²) in [5.41, 5.74) is 10.1. The van der Waals surface area contributed by atoms with E-state index in [1.54, 1.807) is 0 Å². The Morgan fingerprint density at radius 3 is 2.85 bits per heavy atom. The topological polar surface area (TPSA) is 277 Å². The molecular formula is C19H22N11O8PS2. The first-order valence-electron chi connectivity index (χ1n) is 12.1. The average molecular weight is 628 g/mol. The number of fused-ring (bicyclic) bond motifs is 3. The van der Waals surface area contributed by atoms with Crippen molar-refractivity contribution in [2.75, 3.05) is 18.1 Å². The van der Waals surface area contributed by atoms with E-state index in [4.69, 9.17) is 25.3 Å². The Labute approximate surface area is 237 Å². The standard InChI is InChI=1S/C19H22N11O8PS2/c20-13-15-22-2-5(29(15)24-4-23-13)6-1-19(34)11(36-6)12(19)38-39(35,40)37-10-9(32)7(3-31)41-17(10)30-14-8(27-28-30)16(33)26-18(21)25-14/h2,4,6-7,9-12,17,31-32,34H,1,3H2,(H,35,40)(H2,20,23,24)(H3,21,25,26,33)/t6-,7-,9-,10-,11-,12?,17-,19+,39?/m1/s1. The van der Waals surface area contributed by atoms with Crippen molar-refractivity contribution >= 4 is 59.4 Å². The first-order valence-corrected chi connectivity index (χ1v) is 15.7. The molecule has 1 aliphatic carbocycles. The molecule has 2 aliphatic heterocycles. The lowest BCUT2D eigenvalue weighted by atomic mass is 10.1. The molecule has 0 spiro atoms. The van der Waals surface area contributed by atoms with Crippen LogP contribution in [-0.4, -0.2) is 102 Å². The maximum atomic E-state index is 13.4. The number of anilines is 2. The Hall–Kier alpha value is -2.88. The number of ether oxygens (including phenoxy) is 1. The van der Waals surface area contributed by atoms with Gasteiger partial charge >= 0.3 is 6.80 Å². The van der Waals surface area contributed by atoms with Crippen molar-refractivity contribution in [2.24, 2.45) is 0 Å². The Bertz CT molecular complexity index is 1790. The molecule has 6 heterocycles. The number of hydrogen-bond acceptors (Lipinski definition) is 17. The number of thiol groups is 1. The van der Waals surface area contributed by atoms with Crippen LogP contribution in [-0.2, 0) is 18.3 Å². The molecule has 3 fully saturated rings. The number of nitrogens with two attached hydrogens (primary N) is 2. The van der Waals surface area contributed by atoms with Gasteiger partial charge in [-0.3, -0.25) is 18.8 Å². The SMILES string of the molecule is Nc1nc2c(nnn2[C@@H]2S[C@H](CO)[C@@H](O)[C@H]2OP(=O)(S)OC2[C@H]3O[C@@H](c4cnc5c(N)ncnn45)C[C@@]23O)c(=O)[nH]1. The van der Waals surface area contributed by atoms with Crippen LogP contribution in [0.15, 0.2) is 17.3 Å². The van der Waals surface area contributed by atoms with Gasteiger partial charge in [-0.1, -0.05) is 17.5 Å². The van der Waals surface area contributed by atoms with Crippen LogP contribution in [0.4, 0.5) is 11.8 Å². The molecule has 2 unspecified atom stereocenters. The number of aromatic amines is 1. The lowest BCUT2D eigenvalue weighted by Crippen LogP contribution is -2.35. The van der Waals surface area contributed by atoms with E-state index in [1.165, 1.54) is 21.7 Å². The number of imidazole rings is 1. The molecule has 7 rings (SSSR count). The third-order valence-electron chi connectivity index (χ3n) is 7.25. The number of hydrogen-bond donors (Lipinski definition) is 7. The largest absolute Gasteiger partial charge is 0.395 e. The molecule has 4 aromatic heterocycles. The fourth-order valence-corrected chi connectivity index (χ4v) is 8.51. The summed E-state index contributed by atoms with van der Waals surface area (Å²) in [5, 5.41) is 42.0. The van der Waals surface area contributed by atoms with Crippen LogP contribution in [0, 0.1) is 0 Å². The number of aromatic nitrogens is 9. The summed E-state index contributed by atoms with van der Waals surface area (Å²) in [4.78, 5) is 26.7. The summed E-state index contributed by atoms with van der Waals surface area (Å²) in [5.74, 6) is -0.0120. The van der Waals surface area contributed by atoms with Crippen molar-refractivity contribution in [2.45, 2.75) is 53.2 Å². The van der Waals surface area contributed by atoms with Crippen molar-refractivity contribution in [1.29, 1.82) is 0 Å². The molecule has 218 valence electrons. The van der Waals surface area contributed by atoms with E-state index in [0.717, 1.165) is 11.8 Å². The maximum absolute atomic E-state index is 13.4. The van der Waals surface area contributed by atoms with Gasteiger partial charge in [0.15, 0.2) is 22.6 Å². The molecule has 0 radical (unpaired) electrons. The summed E-state index contributed by atoms with van der Waals surface area (Å²) in [7, 11) is 0. The highest BCUT2D eigenvalue weighted by Crippen LogP contribution is 2.66. The van der Waals surface area contributed by atoms with Gasteiger partial charge in [-0.05, 0) is 0 Å². The number of thioether (sulfide) groups is 1. The van der Waals surface area contributed by atoms with Crippen LogP contribution in [0.25, 0.3) is 16.8 Å². The van der Waals surface area contributed by atoms with E-state index in [9.17, 15) is 24.7 Å². The summed E-state index contributed by atoms with van der Waals surface area (Å²) < 4.78 is 33.3. The summed E-state index contributed by atoms with van der Waals surface area (Å²) in [6.07, 6.45) is -2.33. The van der Waals surface area contributed by atoms with E-state index in [-0.39, 0.29) is 29.4 Å². The second-order valence-corrected chi connectivity index (χ2v) is 14.0. The monoisotopic (exact) mass is 627 g/mol. The fraction of sp³-hybridized carbons (Fsp3) is 0.526. The van der Waals surface area contributed by atoms with E-state index in [1.807, 2.05) is 0 Å². The highest BCUT2D eigenvalue weighted by Gasteiger charge is 2.74. The maximum Gasteiger partial charge on any atom is 0.387 e. The lowest BCUT2D eigenvalue weighted by Gasteiger charge is -2.25. The minimum atomic E-state index is -4.28. The summed E-state index contributed by atoms with van der Waals surface area (Å²) in [6.45, 7) is -4.74. The Balaban J connectivity index is 1.09. The predicted octanol–water partition coefficient (Wildman–Crippen LogP) is -1.83. The van der Waals surface area contributed by atoms with Gasteiger partial charge in [0, 0.05) is 6.42 Å². The number of H-pyrrole nitrogens is 1. The van der Waals surface area contributed by atoms with Crippen LogP contribution in [0.2, 0.25) is 0 Å². The fourth-order valence-electron chi connectivity index (χ4n) is 5.23. The van der Waals surface area contributed by atoms with Gasteiger partial charge in [-0.15, -0.1) is 16.9 Å². The van der Waals surface area contributed by atoms with E-state index in [2.05, 4.69) is 47.6 Å². The molecule has 41 heavy (non-hydrogen) atoms. The molecule has 0 bridgehead atoms. The van der Waals surface area contributed by atoms with Crippen LogP contribution in [0.3, 0.4) is 0 Å². The Kier molecular flexibility index (Phi) is 6.13. The van der Waals surface area contributed by atoms with Crippen LogP contribution in [0.5, 0.6) is 0 Å². The van der Waals surface area contributed by atoms with E-state index >= 15 is 0 Å². The molecule has 0 aromatic carbocycles. The lowest BCUT2D eigenvalue weighted by molar-refractivity contribution is 0.000469. The predicted molar refractivity (Wildman–Crippen MR) is 143 cm³/mol. The number of nitrogens with one attached hydrogen (secondary N) is 1. The normalized spacial score (nSPS) is 34.3. The summed E-state index contributed by atoms with van der Waals surface area (Å²) in [6, 6.07) is 0. The van der Waals surface area contributed by atoms with Crippen molar-refractivity contribution in [3.63, 3.8) is 0 Å². The van der Waals surface area contributed by atoms with Crippen LogP contribution < -0.4 is 17.0 Å². The zero-order valence-corrected chi connectivity index (χ0v) is 23.1. The molecule has 9 atom stereocenters. The van der Waals surface area contributed by atoms with Gasteiger partial charge in [0.05, 0.1) is 29.9 Å². The minimum Gasteiger partial charge on any atom is -0.395 e. The number of nitrogens with zero attached hydrogens (tertiary/aromatic N) is 8. The molecule has 22 heteroatoms. The molecular weight excluding hydrogens is 605 g/mol. The first-order chi connectivity index (χ1) is 19.5. The molecule has 0 amide bonds. The molecule has 4 aromatic rings. The second kappa shape index (κ2) is 9.31. The molecule has 3 aliphatic rings. The molecule has 8 N–H and O–H groups in total. The van der Waals surface area contributed by atoms with Gasteiger partial charge in [0.1, 0.15) is 41.7 Å². The highest BCUT2D eigenvalue weighted by molar-refractivity contribution is 8.44. The Morgan fingerprint density at radius 2 is 2.12 bits per heavy atom. The smallest absolute Gasteiger partial charge is 0.387 e. The van der Waals surface area contributed by atoms with Gasteiger partial charge in [-0.2, -0.15) is 10.1 Å². The zero-order valence-electron chi connectivity index (χ0n) is 20.5. The van der Waals surface area contributed by atoms with Crippen LogP contribution in [0.1, 0.15) is 23.6 Å².